The highest BCUT2D eigenvalue weighted by Gasteiger charge is 2.22. The van der Waals surface area contributed by atoms with Gasteiger partial charge >= 0.3 is 0 Å². The highest BCUT2D eigenvalue weighted by atomic mass is 35.5. The van der Waals surface area contributed by atoms with Gasteiger partial charge in [0.15, 0.2) is 0 Å². The molecule has 1 fully saturated rings. The standard InChI is InChI=1S/C14H15ClN2O2S2/c15-14-4-1-10-9-12(2-3-13(10)16-14)21(18,19)17-11-5-7-20-8-6-11/h1-4,9,11,17H,5-8H2. The van der Waals surface area contributed by atoms with Crippen LogP contribution in [0.4, 0.5) is 0 Å². The number of thioether (sulfide) groups is 1. The third-order valence-electron chi connectivity index (χ3n) is 3.48. The number of rotatable bonds is 3. The Labute approximate surface area is 133 Å². The first-order valence-corrected chi connectivity index (χ1v) is 9.72. The minimum atomic E-state index is -3.48. The van der Waals surface area contributed by atoms with Gasteiger partial charge in [0.2, 0.25) is 10.0 Å². The van der Waals surface area contributed by atoms with Crippen molar-refractivity contribution in [3.8, 4) is 0 Å². The molecular weight excluding hydrogens is 328 g/mol. The van der Waals surface area contributed by atoms with Crippen LogP contribution in [0.25, 0.3) is 10.9 Å². The van der Waals surface area contributed by atoms with Crippen LogP contribution in [0.5, 0.6) is 0 Å². The van der Waals surface area contributed by atoms with E-state index in [9.17, 15) is 8.42 Å². The lowest BCUT2D eigenvalue weighted by Crippen LogP contribution is -2.37. The SMILES string of the molecule is O=S(=O)(NC1CCSCC1)c1ccc2nc(Cl)ccc2c1. The zero-order chi connectivity index (χ0) is 14.9. The highest BCUT2D eigenvalue weighted by molar-refractivity contribution is 7.99. The fourth-order valence-electron chi connectivity index (χ4n) is 2.35. The molecule has 0 aliphatic carbocycles. The third-order valence-corrected chi connectivity index (χ3v) is 6.26. The Hall–Kier alpha value is -0.820. The van der Waals surface area contributed by atoms with Crippen LogP contribution in [0.15, 0.2) is 35.2 Å². The van der Waals surface area contributed by atoms with Gasteiger partial charge in [-0.05, 0) is 54.7 Å². The van der Waals surface area contributed by atoms with Crippen molar-refractivity contribution in [2.75, 3.05) is 11.5 Å². The Kier molecular flexibility index (Phi) is 4.40. The van der Waals surface area contributed by atoms with Gasteiger partial charge < -0.3 is 0 Å². The number of aromatic nitrogens is 1. The van der Waals surface area contributed by atoms with Gasteiger partial charge in [-0.1, -0.05) is 11.6 Å². The molecule has 112 valence electrons. The molecule has 0 radical (unpaired) electrons. The van der Waals surface area contributed by atoms with Crippen molar-refractivity contribution < 1.29 is 8.42 Å². The van der Waals surface area contributed by atoms with Crippen LogP contribution in [0.2, 0.25) is 5.15 Å². The summed E-state index contributed by atoms with van der Waals surface area (Å²) >= 11 is 7.70. The van der Waals surface area contributed by atoms with E-state index in [1.54, 1.807) is 30.3 Å². The Balaban J connectivity index is 1.89. The fourth-order valence-corrected chi connectivity index (χ4v) is 4.95. The summed E-state index contributed by atoms with van der Waals surface area (Å²) in [6.45, 7) is 0. The van der Waals surface area contributed by atoms with E-state index in [0.29, 0.717) is 10.7 Å². The maximum Gasteiger partial charge on any atom is 0.240 e. The lowest BCUT2D eigenvalue weighted by atomic mass is 10.2. The molecule has 3 rings (SSSR count). The second-order valence-corrected chi connectivity index (χ2v) is 8.32. The first-order valence-electron chi connectivity index (χ1n) is 6.71. The molecule has 2 heterocycles. The van der Waals surface area contributed by atoms with Crippen molar-refractivity contribution >= 4 is 44.3 Å². The van der Waals surface area contributed by atoms with Crippen LogP contribution < -0.4 is 4.72 Å². The van der Waals surface area contributed by atoms with Gasteiger partial charge in [-0.2, -0.15) is 11.8 Å². The first kappa shape index (κ1) is 15.1. The summed E-state index contributed by atoms with van der Waals surface area (Å²) in [5.41, 5.74) is 0.690. The van der Waals surface area contributed by atoms with Gasteiger partial charge in [0.25, 0.3) is 0 Å². The molecule has 2 aromatic rings. The summed E-state index contributed by atoms with van der Waals surface area (Å²) in [5, 5.41) is 1.16. The number of nitrogens with one attached hydrogen (secondary N) is 1. The van der Waals surface area contributed by atoms with E-state index < -0.39 is 10.0 Å². The van der Waals surface area contributed by atoms with Gasteiger partial charge in [-0.3, -0.25) is 0 Å². The zero-order valence-electron chi connectivity index (χ0n) is 11.3. The molecule has 0 saturated carbocycles. The van der Waals surface area contributed by atoms with Gasteiger partial charge in [0.05, 0.1) is 10.4 Å². The topological polar surface area (TPSA) is 59.1 Å². The van der Waals surface area contributed by atoms with Crippen molar-refractivity contribution in [3.63, 3.8) is 0 Å². The minimum Gasteiger partial charge on any atom is -0.236 e. The smallest absolute Gasteiger partial charge is 0.236 e. The average molecular weight is 343 g/mol. The molecule has 0 spiro atoms. The van der Waals surface area contributed by atoms with Gasteiger partial charge in [-0.25, -0.2) is 18.1 Å². The summed E-state index contributed by atoms with van der Waals surface area (Å²) in [6, 6.07) is 8.37. The number of hydrogen-bond donors (Lipinski definition) is 1. The lowest BCUT2D eigenvalue weighted by molar-refractivity contribution is 0.529. The summed E-state index contributed by atoms with van der Waals surface area (Å²) in [6.07, 6.45) is 1.77. The van der Waals surface area contributed by atoms with Crippen LogP contribution in [0.1, 0.15) is 12.8 Å². The monoisotopic (exact) mass is 342 g/mol. The molecule has 7 heteroatoms. The molecule has 1 saturated heterocycles. The van der Waals surface area contributed by atoms with Crippen LogP contribution in [-0.4, -0.2) is 30.9 Å². The largest absolute Gasteiger partial charge is 0.240 e. The predicted octanol–water partition coefficient (Wildman–Crippen LogP) is 3.06. The summed E-state index contributed by atoms with van der Waals surface area (Å²) < 4.78 is 27.7. The molecule has 1 aromatic carbocycles. The summed E-state index contributed by atoms with van der Waals surface area (Å²) in [5.74, 6) is 2.01. The van der Waals surface area contributed by atoms with Crippen LogP contribution in [0, 0.1) is 0 Å². The van der Waals surface area contributed by atoms with Crippen molar-refractivity contribution in [2.24, 2.45) is 0 Å². The van der Waals surface area contributed by atoms with Crippen LogP contribution in [-0.2, 0) is 10.0 Å². The van der Waals surface area contributed by atoms with Crippen LogP contribution in [0.3, 0.4) is 0 Å². The second kappa shape index (κ2) is 6.12. The molecule has 1 aliphatic heterocycles. The Morgan fingerprint density at radius 2 is 1.95 bits per heavy atom. The van der Waals surface area contributed by atoms with E-state index in [2.05, 4.69) is 9.71 Å². The van der Waals surface area contributed by atoms with E-state index in [0.717, 1.165) is 29.7 Å². The number of halogens is 1. The number of fused-ring (bicyclic) bond motifs is 1. The molecule has 0 amide bonds. The molecule has 0 atom stereocenters. The van der Waals surface area contributed by atoms with Crippen molar-refractivity contribution in [1.82, 2.24) is 9.71 Å². The third kappa shape index (κ3) is 3.51. The molecule has 1 aromatic heterocycles. The predicted molar refractivity (Wildman–Crippen MR) is 87.4 cm³/mol. The first-order chi connectivity index (χ1) is 10.0. The molecule has 1 aliphatic rings. The van der Waals surface area contributed by atoms with Crippen molar-refractivity contribution in [2.45, 2.75) is 23.8 Å². The molecule has 21 heavy (non-hydrogen) atoms. The van der Waals surface area contributed by atoms with E-state index in [1.807, 2.05) is 11.8 Å². The maximum atomic E-state index is 12.4. The molecule has 1 N–H and O–H groups in total. The number of sulfonamides is 1. The number of nitrogens with zero attached hydrogens (tertiary/aromatic N) is 1. The number of benzene rings is 1. The van der Waals surface area contributed by atoms with E-state index >= 15 is 0 Å². The lowest BCUT2D eigenvalue weighted by Gasteiger charge is -2.22. The van der Waals surface area contributed by atoms with Gasteiger partial charge in [0.1, 0.15) is 5.15 Å². The summed E-state index contributed by atoms with van der Waals surface area (Å²) in [7, 11) is -3.48. The Morgan fingerprint density at radius 3 is 2.71 bits per heavy atom. The fraction of sp³-hybridized carbons (Fsp3) is 0.357. The van der Waals surface area contributed by atoms with Crippen molar-refractivity contribution in [3.05, 3.63) is 35.5 Å². The number of hydrogen-bond acceptors (Lipinski definition) is 4. The maximum absolute atomic E-state index is 12.4. The molecular formula is C14H15ClN2O2S2. The summed E-state index contributed by atoms with van der Waals surface area (Å²) in [4.78, 5) is 4.44. The zero-order valence-corrected chi connectivity index (χ0v) is 13.6. The molecule has 0 bridgehead atoms. The quantitative estimate of drug-likeness (QED) is 0.871. The Bertz CT molecular complexity index is 759. The number of pyridine rings is 1. The average Bonchev–Trinajstić information content (AvgIpc) is 2.47. The van der Waals surface area contributed by atoms with Crippen molar-refractivity contribution in [1.29, 1.82) is 0 Å². The molecule has 4 nitrogen and oxygen atoms in total. The van der Waals surface area contributed by atoms with Gasteiger partial charge in [-0.15, -0.1) is 0 Å². The van der Waals surface area contributed by atoms with E-state index in [4.69, 9.17) is 11.6 Å². The second-order valence-electron chi connectivity index (χ2n) is 5.00. The van der Waals surface area contributed by atoms with Crippen LogP contribution >= 0.6 is 23.4 Å². The molecule has 0 unspecified atom stereocenters. The van der Waals surface area contributed by atoms with E-state index in [1.165, 1.54) is 0 Å². The van der Waals surface area contributed by atoms with E-state index in [-0.39, 0.29) is 10.9 Å². The Morgan fingerprint density at radius 1 is 1.19 bits per heavy atom. The highest BCUT2D eigenvalue weighted by Crippen LogP contribution is 2.22. The normalized spacial score (nSPS) is 17.2. The minimum absolute atomic E-state index is 0.0373. The van der Waals surface area contributed by atoms with Gasteiger partial charge in [0, 0.05) is 11.4 Å².